The van der Waals surface area contributed by atoms with Crippen LogP contribution in [0.2, 0.25) is 0 Å². The Labute approximate surface area is 236 Å². The average molecular weight is 569 g/mol. The number of carboxylic acid groups (broad SMARTS) is 1. The highest BCUT2D eigenvalue weighted by Gasteiger charge is 2.31. The lowest BCUT2D eigenvalue weighted by atomic mass is 10.0. The van der Waals surface area contributed by atoms with Gasteiger partial charge in [-0.25, -0.2) is 14.8 Å². The minimum atomic E-state index is -1.31. The van der Waals surface area contributed by atoms with Crippen LogP contribution in [0.4, 0.5) is 0 Å². The molecule has 220 valence electrons. The Balaban J connectivity index is 1.82. The highest BCUT2D eigenvalue weighted by molar-refractivity contribution is 5.94. The van der Waals surface area contributed by atoms with Gasteiger partial charge in [-0.2, -0.15) is 0 Å². The summed E-state index contributed by atoms with van der Waals surface area (Å²) in [6.45, 7) is 3.84. The molecule has 4 atom stereocenters. The number of carbonyl (C=O) groups is 4. The second-order valence-electron chi connectivity index (χ2n) is 10.2. The summed E-state index contributed by atoms with van der Waals surface area (Å²) in [6, 6.07) is 1.53. The van der Waals surface area contributed by atoms with Crippen LogP contribution in [0.3, 0.4) is 0 Å². The standard InChI is InChI=1S/C27H36N8O6/c1-15(2)7-20(28)24(37)33-22(9-17-11-29-13-31-17)26(39)34-21(8-16-3-5-19(36)6-4-16)25(38)35-23(27(40)41)10-18-12-30-14-32-18/h3-6,11-15,20-23,36H,7-10,28H2,1-2H3,(H,29,31)(H,30,32)(H,33,37)(H,34,39)(H,35,38)(H,40,41). The van der Waals surface area contributed by atoms with E-state index in [9.17, 15) is 29.4 Å². The van der Waals surface area contributed by atoms with Crippen molar-refractivity contribution in [1.29, 1.82) is 0 Å². The molecule has 2 aromatic heterocycles. The molecule has 9 N–H and O–H groups in total. The van der Waals surface area contributed by atoms with Gasteiger partial charge in [0.25, 0.3) is 0 Å². The van der Waals surface area contributed by atoms with Gasteiger partial charge in [0.15, 0.2) is 0 Å². The molecule has 0 saturated heterocycles. The molecular weight excluding hydrogens is 532 g/mol. The van der Waals surface area contributed by atoms with Crippen molar-refractivity contribution in [3.63, 3.8) is 0 Å². The fourth-order valence-corrected chi connectivity index (χ4v) is 4.16. The quantitative estimate of drug-likeness (QED) is 0.121. The van der Waals surface area contributed by atoms with Crippen LogP contribution >= 0.6 is 0 Å². The zero-order valence-corrected chi connectivity index (χ0v) is 22.8. The molecule has 14 heteroatoms. The number of hydrogen-bond acceptors (Lipinski definition) is 8. The smallest absolute Gasteiger partial charge is 0.326 e. The lowest BCUT2D eigenvalue weighted by Crippen LogP contribution is -2.58. The number of aliphatic carboxylic acids is 1. The Hall–Kier alpha value is -4.72. The summed E-state index contributed by atoms with van der Waals surface area (Å²) in [7, 11) is 0. The maximum absolute atomic E-state index is 13.5. The molecule has 4 unspecified atom stereocenters. The van der Waals surface area contributed by atoms with Gasteiger partial charge in [-0.15, -0.1) is 0 Å². The largest absolute Gasteiger partial charge is 0.508 e. The number of aromatic amines is 2. The first-order valence-corrected chi connectivity index (χ1v) is 13.1. The third-order valence-electron chi connectivity index (χ3n) is 6.28. The molecule has 0 aliphatic heterocycles. The molecule has 0 spiro atoms. The number of aromatic nitrogens is 4. The summed E-state index contributed by atoms with van der Waals surface area (Å²) in [6.07, 6.45) is 6.15. The van der Waals surface area contributed by atoms with E-state index >= 15 is 0 Å². The van der Waals surface area contributed by atoms with E-state index in [-0.39, 0.29) is 30.9 Å². The van der Waals surface area contributed by atoms with Gasteiger partial charge in [0.05, 0.1) is 18.7 Å². The van der Waals surface area contributed by atoms with Gasteiger partial charge in [-0.3, -0.25) is 14.4 Å². The number of nitrogens with zero attached hydrogens (tertiary/aromatic N) is 2. The van der Waals surface area contributed by atoms with E-state index in [1.807, 2.05) is 13.8 Å². The normalized spacial score (nSPS) is 14.0. The third kappa shape index (κ3) is 9.76. The molecular formula is C27H36N8O6. The molecule has 0 fully saturated rings. The fourth-order valence-electron chi connectivity index (χ4n) is 4.16. The number of carboxylic acids is 1. The van der Waals surface area contributed by atoms with Gasteiger partial charge in [0.1, 0.15) is 23.9 Å². The van der Waals surface area contributed by atoms with Crippen molar-refractivity contribution in [2.75, 3.05) is 0 Å². The Kier molecular flexibility index (Phi) is 11.0. The Morgan fingerprint density at radius 2 is 1.29 bits per heavy atom. The molecule has 2 heterocycles. The summed E-state index contributed by atoms with van der Waals surface area (Å²) >= 11 is 0. The third-order valence-corrected chi connectivity index (χ3v) is 6.28. The van der Waals surface area contributed by atoms with Crippen LogP contribution in [0, 0.1) is 5.92 Å². The lowest BCUT2D eigenvalue weighted by molar-refractivity contribution is -0.142. The summed E-state index contributed by atoms with van der Waals surface area (Å²) in [4.78, 5) is 65.2. The predicted octanol–water partition coefficient (Wildman–Crippen LogP) is -0.221. The number of rotatable bonds is 15. The second kappa shape index (κ2) is 14.6. The molecule has 14 nitrogen and oxygen atoms in total. The molecule has 0 radical (unpaired) electrons. The van der Waals surface area contributed by atoms with Crippen molar-refractivity contribution in [3.05, 3.63) is 66.3 Å². The van der Waals surface area contributed by atoms with Gasteiger partial charge >= 0.3 is 5.97 Å². The van der Waals surface area contributed by atoms with Gasteiger partial charge < -0.3 is 41.9 Å². The number of carbonyl (C=O) groups excluding carboxylic acids is 3. The number of phenolic OH excluding ortho intramolecular Hbond substituents is 1. The number of imidazole rings is 2. The maximum atomic E-state index is 13.5. The first-order chi connectivity index (χ1) is 19.5. The van der Waals surface area contributed by atoms with Gasteiger partial charge in [0.2, 0.25) is 17.7 Å². The summed E-state index contributed by atoms with van der Waals surface area (Å²) < 4.78 is 0. The van der Waals surface area contributed by atoms with E-state index < -0.39 is 47.9 Å². The Morgan fingerprint density at radius 3 is 1.78 bits per heavy atom. The molecule has 0 saturated carbocycles. The first-order valence-electron chi connectivity index (χ1n) is 13.1. The van der Waals surface area contributed by atoms with Crippen LogP contribution in [0.25, 0.3) is 0 Å². The molecule has 3 amide bonds. The van der Waals surface area contributed by atoms with E-state index in [4.69, 9.17) is 5.73 Å². The zero-order valence-electron chi connectivity index (χ0n) is 22.8. The summed E-state index contributed by atoms with van der Waals surface area (Å²) in [5.74, 6) is -3.05. The van der Waals surface area contributed by atoms with Gasteiger partial charge in [-0.05, 0) is 30.0 Å². The average Bonchev–Trinajstić information content (AvgIpc) is 3.62. The van der Waals surface area contributed by atoms with Crippen LogP contribution in [0.5, 0.6) is 5.75 Å². The van der Waals surface area contributed by atoms with Crippen molar-refractivity contribution in [2.24, 2.45) is 11.7 Å². The SMILES string of the molecule is CC(C)CC(N)C(=O)NC(Cc1cnc[nH]1)C(=O)NC(Cc1ccc(O)cc1)C(=O)NC(Cc1cnc[nH]1)C(=O)O. The van der Waals surface area contributed by atoms with Crippen molar-refractivity contribution < 1.29 is 29.4 Å². The van der Waals surface area contributed by atoms with Crippen molar-refractivity contribution >= 4 is 23.7 Å². The maximum Gasteiger partial charge on any atom is 0.326 e. The number of H-pyrrole nitrogens is 2. The number of hydrogen-bond donors (Lipinski definition) is 8. The summed E-state index contributed by atoms with van der Waals surface area (Å²) in [5, 5.41) is 27.2. The molecule has 3 aromatic rings. The number of nitrogens with two attached hydrogens (primary N) is 1. The van der Waals surface area contributed by atoms with Crippen LogP contribution in [0.15, 0.2) is 49.3 Å². The number of nitrogens with one attached hydrogen (secondary N) is 5. The number of amides is 3. The van der Waals surface area contributed by atoms with Crippen molar-refractivity contribution in [2.45, 2.75) is 63.7 Å². The van der Waals surface area contributed by atoms with Crippen LogP contribution in [0.1, 0.15) is 37.2 Å². The lowest BCUT2D eigenvalue weighted by Gasteiger charge is -2.25. The van der Waals surface area contributed by atoms with Gasteiger partial charge in [-0.1, -0.05) is 26.0 Å². The molecule has 1 aromatic carbocycles. The van der Waals surface area contributed by atoms with Crippen molar-refractivity contribution in [1.82, 2.24) is 35.9 Å². The summed E-state index contributed by atoms with van der Waals surface area (Å²) in [5.41, 5.74) is 7.69. The topological polar surface area (TPSA) is 228 Å². The Morgan fingerprint density at radius 1 is 0.805 bits per heavy atom. The number of benzene rings is 1. The van der Waals surface area contributed by atoms with E-state index in [1.165, 1.54) is 37.2 Å². The van der Waals surface area contributed by atoms with Crippen LogP contribution < -0.4 is 21.7 Å². The molecule has 0 aliphatic carbocycles. The van der Waals surface area contributed by atoms with Gasteiger partial charge in [0, 0.05) is 43.0 Å². The van der Waals surface area contributed by atoms with E-state index in [1.54, 1.807) is 12.1 Å². The molecule has 0 bridgehead atoms. The highest BCUT2D eigenvalue weighted by atomic mass is 16.4. The van der Waals surface area contributed by atoms with Crippen LogP contribution in [-0.2, 0) is 38.4 Å². The second-order valence-corrected chi connectivity index (χ2v) is 10.2. The van der Waals surface area contributed by atoms with Crippen molar-refractivity contribution in [3.8, 4) is 5.75 Å². The highest BCUT2D eigenvalue weighted by Crippen LogP contribution is 2.13. The van der Waals surface area contributed by atoms with E-state index in [0.717, 1.165) is 0 Å². The van der Waals surface area contributed by atoms with Crippen LogP contribution in [-0.4, -0.2) is 78.0 Å². The minimum Gasteiger partial charge on any atom is -0.508 e. The minimum absolute atomic E-state index is 0.0179. The predicted molar refractivity (Wildman–Crippen MR) is 147 cm³/mol. The number of aromatic hydroxyl groups is 1. The fraction of sp³-hybridized carbons (Fsp3) is 0.407. The molecule has 3 rings (SSSR count). The molecule has 41 heavy (non-hydrogen) atoms. The Bertz CT molecular complexity index is 1280. The monoisotopic (exact) mass is 568 g/mol. The zero-order chi connectivity index (χ0) is 29.9. The van der Waals surface area contributed by atoms with E-state index in [0.29, 0.717) is 23.4 Å². The number of phenols is 1. The molecule has 0 aliphatic rings. The van der Waals surface area contributed by atoms with E-state index in [2.05, 4.69) is 35.9 Å². The first kappa shape index (κ1) is 30.8.